The monoisotopic (exact) mass is 206 g/mol. The molecule has 70 valence electrons. The van der Waals surface area contributed by atoms with Crippen LogP contribution in [0.25, 0.3) is 6.08 Å². The predicted molar refractivity (Wildman–Crippen MR) is 53.7 cm³/mol. The molecule has 0 saturated carbocycles. The summed E-state index contributed by atoms with van der Waals surface area (Å²) in [5.41, 5.74) is 1.09. The quantitative estimate of drug-likeness (QED) is 0.563. The smallest absolute Gasteiger partial charge is 0.136 e. The maximum absolute atomic E-state index is 10.1. The van der Waals surface area contributed by atoms with Crippen molar-refractivity contribution in [3.8, 4) is 6.07 Å². The maximum atomic E-state index is 10.1. The average molecular weight is 207 g/mol. The Kier molecular flexibility index (Phi) is 3.84. The summed E-state index contributed by atoms with van der Waals surface area (Å²) < 4.78 is 0. The van der Waals surface area contributed by atoms with Crippen LogP contribution < -0.4 is 0 Å². The van der Waals surface area contributed by atoms with E-state index in [1.807, 2.05) is 6.07 Å². The molecule has 14 heavy (non-hydrogen) atoms. The number of rotatable bonds is 3. The minimum Gasteiger partial charge on any atom is -0.303 e. The van der Waals surface area contributed by atoms with E-state index in [2.05, 4.69) is 4.98 Å². The molecule has 0 fully saturated rings. The third-order valence-electron chi connectivity index (χ3n) is 1.53. The molecule has 0 spiro atoms. The zero-order chi connectivity index (χ0) is 10.4. The summed E-state index contributed by atoms with van der Waals surface area (Å²) >= 11 is 5.77. The first-order valence-corrected chi connectivity index (χ1v) is 4.31. The second-order valence-electron chi connectivity index (χ2n) is 2.52. The van der Waals surface area contributed by atoms with E-state index in [0.717, 1.165) is 6.29 Å². The molecule has 1 aromatic heterocycles. The van der Waals surface area contributed by atoms with Crippen molar-refractivity contribution in [2.75, 3.05) is 0 Å². The molecule has 1 heterocycles. The summed E-state index contributed by atoms with van der Waals surface area (Å²) in [6, 6.07) is 3.58. The van der Waals surface area contributed by atoms with Crippen molar-refractivity contribution < 1.29 is 4.79 Å². The summed E-state index contributed by atoms with van der Waals surface area (Å²) in [5, 5.41) is 8.94. The lowest BCUT2D eigenvalue weighted by Gasteiger charge is -1.96. The van der Waals surface area contributed by atoms with Crippen LogP contribution in [0.5, 0.6) is 0 Å². The average Bonchev–Trinajstić information content (AvgIpc) is 2.21. The van der Waals surface area contributed by atoms with Crippen LogP contribution in [0, 0.1) is 11.3 Å². The lowest BCUT2D eigenvalue weighted by Crippen LogP contribution is -1.84. The van der Waals surface area contributed by atoms with E-state index in [1.165, 1.54) is 6.20 Å². The second kappa shape index (κ2) is 5.15. The van der Waals surface area contributed by atoms with Crippen LogP contribution in [0.15, 0.2) is 18.3 Å². The van der Waals surface area contributed by atoms with E-state index in [4.69, 9.17) is 16.9 Å². The van der Waals surface area contributed by atoms with Gasteiger partial charge in [0.05, 0.1) is 5.56 Å². The first-order valence-electron chi connectivity index (χ1n) is 3.93. The summed E-state index contributed by atoms with van der Waals surface area (Å²) in [6.07, 6.45) is 5.85. The number of pyridine rings is 1. The summed E-state index contributed by atoms with van der Waals surface area (Å²) in [6.45, 7) is 0. The molecule has 0 aromatic carbocycles. The molecule has 0 aliphatic carbocycles. The van der Waals surface area contributed by atoms with Gasteiger partial charge in [-0.15, -0.1) is 0 Å². The Morgan fingerprint density at radius 3 is 3.07 bits per heavy atom. The Hall–Kier alpha value is -1.66. The van der Waals surface area contributed by atoms with Gasteiger partial charge in [-0.05, 0) is 6.07 Å². The normalized spacial score (nSPS) is 10.0. The van der Waals surface area contributed by atoms with Gasteiger partial charge in [0, 0.05) is 18.2 Å². The lowest BCUT2D eigenvalue weighted by molar-refractivity contribution is -0.107. The van der Waals surface area contributed by atoms with Crippen LogP contribution in [0.2, 0.25) is 5.15 Å². The molecule has 0 unspecified atom stereocenters. The molecule has 4 heteroatoms. The van der Waals surface area contributed by atoms with Crippen LogP contribution in [0.3, 0.4) is 0 Å². The number of allylic oxidation sites excluding steroid dienone is 1. The van der Waals surface area contributed by atoms with E-state index < -0.39 is 0 Å². The Morgan fingerprint density at radius 1 is 1.64 bits per heavy atom. The fraction of sp³-hybridized carbons (Fsp3) is 0.100. The number of aldehydes is 1. The van der Waals surface area contributed by atoms with Crippen molar-refractivity contribution in [3.05, 3.63) is 34.6 Å². The molecule has 0 radical (unpaired) electrons. The van der Waals surface area contributed by atoms with E-state index in [0.29, 0.717) is 22.7 Å². The summed E-state index contributed by atoms with van der Waals surface area (Å²) in [7, 11) is 0. The molecule has 0 bridgehead atoms. The zero-order valence-corrected chi connectivity index (χ0v) is 8.03. The van der Waals surface area contributed by atoms with E-state index in [-0.39, 0.29) is 0 Å². The van der Waals surface area contributed by atoms with E-state index >= 15 is 0 Å². The van der Waals surface area contributed by atoms with Gasteiger partial charge in [-0.1, -0.05) is 23.8 Å². The molecular formula is C10H7ClN2O. The number of hydrogen-bond donors (Lipinski definition) is 0. The van der Waals surface area contributed by atoms with Gasteiger partial charge in [-0.25, -0.2) is 4.98 Å². The number of nitriles is 1. The molecule has 0 saturated heterocycles. The van der Waals surface area contributed by atoms with Crippen LogP contribution in [0.1, 0.15) is 17.5 Å². The molecule has 3 nitrogen and oxygen atoms in total. The molecule has 0 amide bonds. The van der Waals surface area contributed by atoms with Gasteiger partial charge in [-0.3, -0.25) is 0 Å². The fourth-order valence-electron chi connectivity index (χ4n) is 0.894. The first-order chi connectivity index (χ1) is 6.77. The Bertz CT molecular complexity index is 407. The van der Waals surface area contributed by atoms with Crippen molar-refractivity contribution in [3.63, 3.8) is 0 Å². The molecule has 0 aliphatic rings. The first kappa shape index (κ1) is 10.4. The van der Waals surface area contributed by atoms with Crippen molar-refractivity contribution >= 4 is 24.0 Å². The Labute approximate surface area is 86.6 Å². The molecule has 0 aliphatic heterocycles. The standard InChI is InChI=1S/C10H7ClN2O/c11-10-9(3-1-2-4-14)5-8(6-12)7-13-10/h1,3-5,7H,2H2. The number of carbonyl (C=O) groups excluding carboxylic acids is 1. The number of aromatic nitrogens is 1. The Morgan fingerprint density at radius 2 is 2.43 bits per heavy atom. The van der Waals surface area contributed by atoms with Gasteiger partial charge in [0.25, 0.3) is 0 Å². The number of carbonyl (C=O) groups is 1. The highest BCUT2D eigenvalue weighted by Crippen LogP contribution is 2.15. The van der Waals surface area contributed by atoms with Crippen molar-refractivity contribution in [2.24, 2.45) is 0 Å². The van der Waals surface area contributed by atoms with Crippen molar-refractivity contribution in [1.29, 1.82) is 5.26 Å². The van der Waals surface area contributed by atoms with Gasteiger partial charge < -0.3 is 4.79 Å². The predicted octanol–water partition coefficient (Wildman–Crippen LogP) is 2.21. The van der Waals surface area contributed by atoms with Gasteiger partial charge in [0.15, 0.2) is 0 Å². The van der Waals surface area contributed by atoms with Gasteiger partial charge in [0.1, 0.15) is 17.5 Å². The molecular weight excluding hydrogens is 200 g/mol. The number of halogens is 1. The minimum atomic E-state index is 0.325. The molecule has 1 rings (SSSR count). The second-order valence-corrected chi connectivity index (χ2v) is 2.88. The van der Waals surface area contributed by atoms with E-state index in [1.54, 1.807) is 18.2 Å². The third kappa shape index (κ3) is 2.68. The highest BCUT2D eigenvalue weighted by atomic mass is 35.5. The van der Waals surface area contributed by atoms with E-state index in [9.17, 15) is 4.79 Å². The van der Waals surface area contributed by atoms with Crippen molar-refractivity contribution in [2.45, 2.75) is 6.42 Å². The van der Waals surface area contributed by atoms with Crippen LogP contribution in [0.4, 0.5) is 0 Å². The SMILES string of the molecule is N#Cc1cnc(Cl)c(C=CCC=O)c1. The summed E-state index contributed by atoms with van der Waals surface area (Å²) in [5.74, 6) is 0. The van der Waals surface area contributed by atoms with Crippen molar-refractivity contribution in [1.82, 2.24) is 4.98 Å². The Balaban J connectivity index is 2.96. The molecule has 1 aromatic rings. The number of hydrogen-bond acceptors (Lipinski definition) is 3. The minimum absolute atomic E-state index is 0.325. The molecule has 0 N–H and O–H groups in total. The maximum Gasteiger partial charge on any atom is 0.136 e. The molecule has 0 atom stereocenters. The van der Waals surface area contributed by atoms with Crippen LogP contribution >= 0.6 is 11.6 Å². The van der Waals surface area contributed by atoms with Gasteiger partial charge in [-0.2, -0.15) is 5.26 Å². The summed E-state index contributed by atoms with van der Waals surface area (Å²) in [4.78, 5) is 13.9. The highest BCUT2D eigenvalue weighted by molar-refractivity contribution is 6.30. The number of nitrogens with zero attached hydrogens (tertiary/aromatic N) is 2. The lowest BCUT2D eigenvalue weighted by atomic mass is 10.2. The van der Waals surface area contributed by atoms with Gasteiger partial charge in [0.2, 0.25) is 0 Å². The van der Waals surface area contributed by atoms with Crippen LogP contribution in [-0.2, 0) is 4.79 Å². The third-order valence-corrected chi connectivity index (χ3v) is 1.84. The highest BCUT2D eigenvalue weighted by Gasteiger charge is 1.99. The largest absolute Gasteiger partial charge is 0.303 e. The zero-order valence-electron chi connectivity index (χ0n) is 7.27. The van der Waals surface area contributed by atoms with Gasteiger partial charge >= 0.3 is 0 Å². The van der Waals surface area contributed by atoms with Crippen LogP contribution in [-0.4, -0.2) is 11.3 Å². The fourth-order valence-corrected chi connectivity index (χ4v) is 1.06. The topological polar surface area (TPSA) is 53.8 Å².